The van der Waals surface area contributed by atoms with Gasteiger partial charge in [-0.15, -0.1) is 0 Å². The summed E-state index contributed by atoms with van der Waals surface area (Å²) < 4.78 is 0. The fourth-order valence-electron chi connectivity index (χ4n) is 1.28. The number of nitrogens with one attached hydrogen (secondary N) is 2. The van der Waals surface area contributed by atoms with E-state index in [0.717, 1.165) is 12.4 Å². The van der Waals surface area contributed by atoms with Crippen molar-refractivity contribution >= 4 is 11.7 Å². The van der Waals surface area contributed by atoms with Crippen molar-refractivity contribution in [1.29, 1.82) is 0 Å². The molecule has 1 aromatic rings. The first-order valence-corrected chi connectivity index (χ1v) is 3.82. The second kappa shape index (κ2) is 2.51. The Balaban J connectivity index is 2.45. The molecule has 0 aromatic carbocycles. The Morgan fingerprint density at radius 2 is 2.50 bits per heavy atom. The molecule has 0 bridgehead atoms. The van der Waals surface area contributed by atoms with Crippen molar-refractivity contribution < 1.29 is 4.79 Å². The van der Waals surface area contributed by atoms with Crippen LogP contribution in [0.15, 0.2) is 6.33 Å². The lowest BCUT2D eigenvalue weighted by Crippen LogP contribution is -2.27. The third-order valence-electron chi connectivity index (χ3n) is 1.94. The van der Waals surface area contributed by atoms with Crippen LogP contribution >= 0.6 is 0 Å². The Kier molecular flexibility index (Phi) is 1.49. The van der Waals surface area contributed by atoms with Gasteiger partial charge in [-0.1, -0.05) is 0 Å². The maximum atomic E-state index is 11.3. The molecule has 0 saturated heterocycles. The van der Waals surface area contributed by atoms with E-state index in [1.165, 1.54) is 6.33 Å². The summed E-state index contributed by atoms with van der Waals surface area (Å²) in [4.78, 5) is 20.1. The number of aromatic amines is 1. The zero-order valence-electron chi connectivity index (χ0n) is 6.79. The molecule has 1 aliphatic heterocycles. The number of anilines is 1. The van der Waals surface area contributed by atoms with E-state index in [1.54, 1.807) is 0 Å². The molecule has 1 aliphatic rings. The number of likely N-dealkylation sites (N-methyl/N-ethyl adjacent to an activating group) is 1. The van der Waals surface area contributed by atoms with Gasteiger partial charge in [-0.05, 0) is 0 Å². The van der Waals surface area contributed by atoms with E-state index in [2.05, 4.69) is 15.3 Å². The Bertz CT molecular complexity index is 306. The van der Waals surface area contributed by atoms with Crippen LogP contribution in [0.5, 0.6) is 0 Å². The highest BCUT2D eigenvalue weighted by Gasteiger charge is 2.20. The molecule has 0 unspecified atom stereocenters. The van der Waals surface area contributed by atoms with Crippen LogP contribution in [0.1, 0.15) is 10.5 Å². The van der Waals surface area contributed by atoms with Crippen molar-refractivity contribution in [1.82, 2.24) is 15.3 Å². The number of hydrogen-bond acceptors (Lipinski definition) is 3. The molecule has 2 rings (SSSR count). The molecule has 0 atom stereocenters. The Hall–Kier alpha value is -1.52. The predicted octanol–water partition coefficient (Wildman–Crippen LogP) is -0.411. The predicted molar refractivity (Wildman–Crippen MR) is 44.2 cm³/mol. The number of imidazole rings is 1. The molecular formula is C7H10N4O. The lowest BCUT2D eigenvalue weighted by atomic mass is 10.4. The van der Waals surface area contributed by atoms with Gasteiger partial charge in [0.25, 0.3) is 5.91 Å². The van der Waals surface area contributed by atoms with E-state index in [9.17, 15) is 4.79 Å². The van der Waals surface area contributed by atoms with E-state index in [1.807, 2.05) is 11.9 Å². The minimum atomic E-state index is -0.0770. The number of carbonyl (C=O) groups is 1. The monoisotopic (exact) mass is 166 g/mol. The minimum Gasteiger partial charge on any atom is -0.356 e. The first kappa shape index (κ1) is 7.15. The van der Waals surface area contributed by atoms with Crippen molar-refractivity contribution in [3.05, 3.63) is 12.0 Å². The van der Waals surface area contributed by atoms with Crippen molar-refractivity contribution in [3.63, 3.8) is 0 Å². The van der Waals surface area contributed by atoms with E-state index >= 15 is 0 Å². The van der Waals surface area contributed by atoms with Crippen molar-refractivity contribution in [2.75, 3.05) is 25.0 Å². The van der Waals surface area contributed by atoms with Gasteiger partial charge in [-0.2, -0.15) is 0 Å². The largest absolute Gasteiger partial charge is 0.356 e. The molecule has 1 aromatic heterocycles. The zero-order chi connectivity index (χ0) is 8.55. The molecule has 2 heterocycles. The van der Waals surface area contributed by atoms with Gasteiger partial charge in [0, 0.05) is 20.1 Å². The first-order chi connectivity index (χ1) is 5.79. The fourth-order valence-corrected chi connectivity index (χ4v) is 1.28. The number of rotatable bonds is 0. The quantitative estimate of drug-likeness (QED) is 0.550. The number of carbonyl (C=O) groups excluding carboxylic acids is 1. The summed E-state index contributed by atoms with van der Waals surface area (Å²) in [5.41, 5.74) is 0.551. The molecular weight excluding hydrogens is 156 g/mol. The molecule has 0 radical (unpaired) electrons. The first-order valence-electron chi connectivity index (χ1n) is 3.82. The lowest BCUT2D eigenvalue weighted by molar-refractivity contribution is 0.0953. The molecule has 0 saturated carbocycles. The second-order valence-electron chi connectivity index (χ2n) is 2.78. The second-order valence-corrected chi connectivity index (χ2v) is 2.78. The van der Waals surface area contributed by atoms with Crippen LogP contribution in [0, 0.1) is 0 Å². The molecule has 2 N–H and O–H groups in total. The molecule has 5 heteroatoms. The highest BCUT2D eigenvalue weighted by molar-refractivity contribution is 5.97. The maximum Gasteiger partial charge on any atom is 0.271 e. The molecule has 64 valence electrons. The van der Waals surface area contributed by atoms with Crippen LogP contribution in [0.25, 0.3) is 0 Å². The number of aromatic nitrogens is 2. The summed E-state index contributed by atoms with van der Waals surface area (Å²) in [7, 11) is 1.92. The number of hydrogen-bond donors (Lipinski definition) is 2. The van der Waals surface area contributed by atoms with Gasteiger partial charge < -0.3 is 15.2 Å². The van der Waals surface area contributed by atoms with Gasteiger partial charge in [0.1, 0.15) is 5.69 Å². The summed E-state index contributed by atoms with van der Waals surface area (Å²) in [5.74, 6) is 0.650. The number of fused-ring (bicyclic) bond motifs is 1. The number of amides is 1. The summed E-state index contributed by atoms with van der Waals surface area (Å²) in [5, 5.41) is 2.77. The smallest absolute Gasteiger partial charge is 0.271 e. The van der Waals surface area contributed by atoms with Gasteiger partial charge in [-0.3, -0.25) is 4.79 Å². The highest BCUT2D eigenvalue weighted by atomic mass is 16.2. The summed E-state index contributed by atoms with van der Waals surface area (Å²) >= 11 is 0. The van der Waals surface area contributed by atoms with Gasteiger partial charge in [0.2, 0.25) is 0 Å². The van der Waals surface area contributed by atoms with Gasteiger partial charge in [-0.25, -0.2) is 4.98 Å². The summed E-state index contributed by atoms with van der Waals surface area (Å²) in [6, 6.07) is 0. The molecule has 1 amide bonds. The zero-order valence-corrected chi connectivity index (χ0v) is 6.79. The Morgan fingerprint density at radius 3 is 3.33 bits per heavy atom. The van der Waals surface area contributed by atoms with Crippen LogP contribution in [0.4, 0.5) is 5.82 Å². The molecule has 0 spiro atoms. The van der Waals surface area contributed by atoms with Crippen LogP contribution in [-0.2, 0) is 0 Å². The summed E-state index contributed by atoms with van der Waals surface area (Å²) in [6.45, 7) is 1.46. The van der Waals surface area contributed by atoms with Gasteiger partial charge >= 0.3 is 0 Å². The normalized spacial score (nSPS) is 16.8. The Labute approximate surface area is 69.8 Å². The topological polar surface area (TPSA) is 61.0 Å². The van der Waals surface area contributed by atoms with Crippen LogP contribution < -0.4 is 10.2 Å². The SMILES string of the molecule is CN1CCNC(=O)c2[nH]cnc21. The Morgan fingerprint density at radius 1 is 1.67 bits per heavy atom. The average Bonchev–Trinajstić information content (AvgIpc) is 2.47. The molecule has 0 aliphatic carbocycles. The molecule has 5 nitrogen and oxygen atoms in total. The highest BCUT2D eigenvalue weighted by Crippen LogP contribution is 2.15. The van der Waals surface area contributed by atoms with Crippen molar-refractivity contribution in [2.45, 2.75) is 0 Å². The fraction of sp³-hybridized carbons (Fsp3) is 0.429. The van der Waals surface area contributed by atoms with E-state index < -0.39 is 0 Å². The summed E-state index contributed by atoms with van der Waals surface area (Å²) in [6.07, 6.45) is 1.53. The maximum absolute atomic E-state index is 11.3. The van der Waals surface area contributed by atoms with Crippen LogP contribution in [-0.4, -0.2) is 36.0 Å². The number of H-pyrrole nitrogens is 1. The van der Waals surface area contributed by atoms with Gasteiger partial charge in [0.15, 0.2) is 5.82 Å². The molecule has 12 heavy (non-hydrogen) atoms. The van der Waals surface area contributed by atoms with Crippen LogP contribution in [0.2, 0.25) is 0 Å². The third-order valence-corrected chi connectivity index (χ3v) is 1.94. The van der Waals surface area contributed by atoms with E-state index in [4.69, 9.17) is 0 Å². The van der Waals surface area contributed by atoms with Crippen LogP contribution in [0.3, 0.4) is 0 Å². The number of nitrogens with zero attached hydrogens (tertiary/aromatic N) is 2. The minimum absolute atomic E-state index is 0.0770. The lowest BCUT2D eigenvalue weighted by Gasteiger charge is -2.12. The average molecular weight is 166 g/mol. The van der Waals surface area contributed by atoms with E-state index in [-0.39, 0.29) is 5.91 Å². The van der Waals surface area contributed by atoms with E-state index in [0.29, 0.717) is 12.2 Å². The standard InChI is InChI=1S/C7H10N4O/c1-11-3-2-8-7(12)5-6(11)10-4-9-5/h4H,2-3H2,1H3,(H,8,12)(H,9,10). The molecule has 0 fully saturated rings. The van der Waals surface area contributed by atoms with Gasteiger partial charge in [0.05, 0.1) is 6.33 Å². The van der Waals surface area contributed by atoms with Crippen molar-refractivity contribution in [2.24, 2.45) is 0 Å². The third kappa shape index (κ3) is 0.939. The van der Waals surface area contributed by atoms with Crippen molar-refractivity contribution in [3.8, 4) is 0 Å².